The van der Waals surface area contributed by atoms with Gasteiger partial charge in [-0.05, 0) is 12.1 Å². The van der Waals surface area contributed by atoms with E-state index in [1.807, 2.05) is 5.32 Å². The van der Waals surface area contributed by atoms with Gasteiger partial charge in [0, 0.05) is 11.0 Å². The fourth-order valence-corrected chi connectivity index (χ4v) is 2.72. The zero-order chi connectivity index (χ0) is 16.6. The minimum absolute atomic E-state index is 0.197. The third-order valence-corrected chi connectivity index (χ3v) is 3.73. The van der Waals surface area contributed by atoms with Crippen molar-refractivity contribution in [3.63, 3.8) is 0 Å². The number of nitrogens with one attached hydrogen (secondary N) is 1. The summed E-state index contributed by atoms with van der Waals surface area (Å²) < 4.78 is 92.9. The molecular weight excluding hydrogens is 339 g/mol. The Morgan fingerprint density at radius 1 is 1.14 bits per heavy atom. The highest BCUT2D eigenvalue weighted by Gasteiger charge is 2.48. The van der Waals surface area contributed by atoms with E-state index in [0.717, 1.165) is 18.2 Å². The van der Waals surface area contributed by atoms with Crippen molar-refractivity contribution in [2.24, 2.45) is 0 Å². The summed E-state index contributed by atoms with van der Waals surface area (Å²) in [5.74, 6) is -0.810. The lowest BCUT2D eigenvalue weighted by Crippen LogP contribution is -2.43. The molecule has 0 saturated heterocycles. The summed E-state index contributed by atoms with van der Waals surface area (Å²) in [6.45, 7) is -1.79. The molecule has 1 aromatic rings. The summed E-state index contributed by atoms with van der Waals surface area (Å²) >= 11 is 0.345. The zero-order valence-corrected chi connectivity index (χ0v) is 11.4. The molecule has 0 spiro atoms. The number of hydrogen-bond donors (Lipinski definition) is 1. The van der Waals surface area contributed by atoms with Crippen LogP contribution in [0.4, 0.5) is 30.7 Å². The topological polar surface area (TPSA) is 21.3 Å². The number of hydrogen-bond acceptors (Lipinski definition) is 3. The number of allylic oxidation sites excluding steroid dienone is 1. The highest BCUT2D eigenvalue weighted by Crippen LogP contribution is 2.46. The lowest BCUT2D eigenvalue weighted by Gasteiger charge is -2.31. The van der Waals surface area contributed by atoms with E-state index in [0.29, 0.717) is 17.2 Å². The minimum Gasteiger partial charge on any atom is -0.340 e. The van der Waals surface area contributed by atoms with Crippen molar-refractivity contribution in [2.45, 2.75) is 17.4 Å². The van der Waals surface area contributed by atoms with Crippen LogP contribution in [0.15, 0.2) is 35.4 Å². The Kier molecular flexibility index (Phi) is 4.35. The normalized spacial score (nSPS) is 22.4. The lowest BCUT2D eigenvalue weighted by molar-refractivity contribution is -0.196. The highest BCUT2D eigenvalue weighted by atomic mass is 32.2. The first-order valence-electron chi connectivity index (χ1n) is 5.72. The van der Waals surface area contributed by atoms with Crippen LogP contribution in [-0.4, -0.2) is 19.0 Å². The first kappa shape index (κ1) is 16.9. The van der Waals surface area contributed by atoms with Gasteiger partial charge in [0.2, 0.25) is 5.06 Å². The lowest BCUT2D eigenvalue weighted by atomic mass is 10.2. The second-order valence-corrected chi connectivity index (χ2v) is 5.35. The van der Waals surface area contributed by atoms with Gasteiger partial charge in [-0.25, -0.2) is 4.39 Å². The smallest absolute Gasteiger partial charge is 0.340 e. The molecule has 0 saturated carbocycles. The van der Waals surface area contributed by atoms with Crippen molar-refractivity contribution in [1.82, 2.24) is 5.32 Å². The van der Waals surface area contributed by atoms with Crippen molar-refractivity contribution < 1.29 is 35.5 Å². The third-order valence-electron chi connectivity index (χ3n) is 2.59. The molecule has 1 aliphatic heterocycles. The SMILES string of the molecule is Fc1cccc(C2(OCC(F)(F)F)NC(C(F)(F)F)=CS2)c1. The average molecular weight is 347 g/mol. The van der Waals surface area contributed by atoms with Crippen LogP contribution in [0.1, 0.15) is 5.56 Å². The second-order valence-electron chi connectivity index (χ2n) is 4.30. The van der Waals surface area contributed by atoms with E-state index < -0.39 is 35.5 Å². The fraction of sp³-hybridized carbons (Fsp3) is 0.333. The molecule has 22 heavy (non-hydrogen) atoms. The molecule has 1 atom stereocenters. The predicted octanol–water partition coefficient (Wildman–Crippen LogP) is 4.26. The summed E-state index contributed by atoms with van der Waals surface area (Å²) in [6, 6.07) is 4.16. The van der Waals surface area contributed by atoms with Gasteiger partial charge in [-0.1, -0.05) is 23.9 Å². The standard InChI is InChI=1S/C12H8F7NOS/c13-8-3-1-2-7(4-8)12(21-6-10(14,15)16)20-9(5-22-12)11(17,18)19/h1-5,20H,6H2. The van der Waals surface area contributed by atoms with Crippen LogP contribution in [0, 0.1) is 5.82 Å². The van der Waals surface area contributed by atoms with Crippen molar-refractivity contribution in [1.29, 1.82) is 0 Å². The van der Waals surface area contributed by atoms with E-state index in [1.165, 1.54) is 6.07 Å². The summed E-state index contributed by atoms with van der Waals surface area (Å²) in [4.78, 5) is 0. The van der Waals surface area contributed by atoms with E-state index in [4.69, 9.17) is 0 Å². The van der Waals surface area contributed by atoms with E-state index in [1.54, 1.807) is 0 Å². The third kappa shape index (κ3) is 3.86. The molecule has 10 heteroatoms. The molecular formula is C12H8F7NOS. The number of thioether (sulfide) groups is 1. The van der Waals surface area contributed by atoms with Gasteiger partial charge in [-0.3, -0.25) is 0 Å². The second kappa shape index (κ2) is 5.65. The van der Waals surface area contributed by atoms with Crippen molar-refractivity contribution in [3.05, 3.63) is 46.8 Å². The van der Waals surface area contributed by atoms with Crippen LogP contribution in [0.5, 0.6) is 0 Å². The Morgan fingerprint density at radius 3 is 2.32 bits per heavy atom. The molecule has 122 valence electrons. The van der Waals surface area contributed by atoms with Gasteiger partial charge in [0.1, 0.15) is 18.1 Å². The first-order valence-corrected chi connectivity index (χ1v) is 6.60. The largest absolute Gasteiger partial charge is 0.431 e. The molecule has 1 N–H and O–H groups in total. The van der Waals surface area contributed by atoms with Crippen LogP contribution < -0.4 is 5.32 Å². The number of halogens is 7. The average Bonchev–Trinajstić information content (AvgIpc) is 2.81. The van der Waals surface area contributed by atoms with Gasteiger partial charge < -0.3 is 10.1 Å². The van der Waals surface area contributed by atoms with Crippen LogP contribution in [-0.2, 0) is 9.79 Å². The Balaban J connectivity index is 2.32. The molecule has 0 bridgehead atoms. The molecule has 1 heterocycles. The molecule has 0 amide bonds. The Morgan fingerprint density at radius 2 is 1.82 bits per heavy atom. The molecule has 2 rings (SSSR count). The molecule has 1 unspecified atom stereocenters. The van der Waals surface area contributed by atoms with Gasteiger partial charge in [0.15, 0.2) is 0 Å². The van der Waals surface area contributed by atoms with Crippen molar-refractivity contribution in [3.8, 4) is 0 Å². The van der Waals surface area contributed by atoms with E-state index in [-0.39, 0.29) is 5.56 Å². The summed E-state index contributed by atoms with van der Waals surface area (Å²) in [5.41, 5.74) is -1.46. The van der Waals surface area contributed by atoms with Crippen molar-refractivity contribution >= 4 is 11.8 Å². The zero-order valence-electron chi connectivity index (χ0n) is 10.6. The molecule has 0 aromatic heterocycles. The van der Waals surface area contributed by atoms with Gasteiger partial charge >= 0.3 is 12.4 Å². The minimum atomic E-state index is -4.79. The molecule has 1 aliphatic rings. The van der Waals surface area contributed by atoms with Crippen LogP contribution >= 0.6 is 11.8 Å². The fourth-order valence-electron chi connectivity index (χ4n) is 1.69. The van der Waals surface area contributed by atoms with Crippen LogP contribution in [0.3, 0.4) is 0 Å². The Hall–Kier alpha value is -1.42. The molecule has 0 aliphatic carbocycles. The maximum atomic E-state index is 13.2. The van der Waals surface area contributed by atoms with Gasteiger partial charge in [-0.2, -0.15) is 26.3 Å². The molecule has 0 radical (unpaired) electrons. The van der Waals surface area contributed by atoms with Crippen LogP contribution in [0.2, 0.25) is 0 Å². The number of benzene rings is 1. The summed E-state index contributed by atoms with van der Waals surface area (Å²) in [6.07, 6.45) is -9.53. The Labute approximate surface area is 124 Å². The number of ether oxygens (including phenoxy) is 1. The monoisotopic (exact) mass is 347 g/mol. The maximum Gasteiger partial charge on any atom is 0.431 e. The molecule has 0 fully saturated rings. The molecule has 2 nitrogen and oxygen atoms in total. The van der Waals surface area contributed by atoms with Gasteiger partial charge in [0.05, 0.1) is 0 Å². The van der Waals surface area contributed by atoms with Gasteiger partial charge in [-0.15, -0.1) is 0 Å². The molecule has 1 aromatic carbocycles. The quantitative estimate of drug-likeness (QED) is 0.826. The maximum absolute atomic E-state index is 13.2. The Bertz CT molecular complexity index is 584. The van der Waals surface area contributed by atoms with E-state index in [9.17, 15) is 30.7 Å². The van der Waals surface area contributed by atoms with Gasteiger partial charge in [0.25, 0.3) is 0 Å². The predicted molar refractivity (Wildman–Crippen MR) is 64.9 cm³/mol. The summed E-state index contributed by atoms with van der Waals surface area (Å²) in [5, 5.41) is 0.277. The van der Waals surface area contributed by atoms with Crippen molar-refractivity contribution in [2.75, 3.05) is 6.61 Å². The van der Waals surface area contributed by atoms with E-state index >= 15 is 0 Å². The highest BCUT2D eigenvalue weighted by molar-refractivity contribution is 8.03. The number of rotatable bonds is 3. The number of alkyl halides is 6. The van der Waals surface area contributed by atoms with E-state index in [2.05, 4.69) is 4.74 Å². The first-order chi connectivity index (χ1) is 10.0. The summed E-state index contributed by atoms with van der Waals surface area (Å²) in [7, 11) is 0. The van der Waals surface area contributed by atoms with Crippen LogP contribution in [0.25, 0.3) is 0 Å².